The van der Waals surface area contributed by atoms with Gasteiger partial charge in [-0.3, -0.25) is 0 Å². The molecule has 17 heavy (non-hydrogen) atoms. The lowest BCUT2D eigenvalue weighted by molar-refractivity contribution is 0.0368. The van der Waals surface area contributed by atoms with Crippen LogP contribution in [0, 0.1) is 5.92 Å². The average molecular weight is 233 g/mol. The molecular formula is C15H23NO. The van der Waals surface area contributed by atoms with E-state index in [1.54, 1.807) is 0 Å². The van der Waals surface area contributed by atoms with E-state index in [0.29, 0.717) is 0 Å². The summed E-state index contributed by atoms with van der Waals surface area (Å²) in [5.74, 6) is 0.951. The van der Waals surface area contributed by atoms with Gasteiger partial charge in [-0.25, -0.2) is 0 Å². The molecule has 1 aliphatic carbocycles. The predicted octanol–water partition coefficient (Wildman–Crippen LogP) is 3.15. The molecule has 1 saturated carbocycles. The van der Waals surface area contributed by atoms with Gasteiger partial charge in [-0.05, 0) is 31.9 Å². The predicted molar refractivity (Wildman–Crippen MR) is 71.0 cm³/mol. The Hall–Kier alpha value is -0.860. The average Bonchev–Trinajstić information content (AvgIpc) is 3.15. The van der Waals surface area contributed by atoms with Crippen molar-refractivity contribution in [3.63, 3.8) is 0 Å². The van der Waals surface area contributed by atoms with Gasteiger partial charge in [-0.2, -0.15) is 0 Å². The second-order valence-corrected chi connectivity index (χ2v) is 4.98. The first-order valence-corrected chi connectivity index (χ1v) is 6.65. The van der Waals surface area contributed by atoms with E-state index in [0.717, 1.165) is 12.5 Å². The van der Waals surface area contributed by atoms with E-state index in [-0.39, 0.29) is 12.1 Å². The first kappa shape index (κ1) is 12.6. The van der Waals surface area contributed by atoms with Gasteiger partial charge in [0.1, 0.15) is 0 Å². The molecule has 1 aromatic rings. The lowest BCUT2D eigenvalue weighted by atomic mass is 10.0. The summed E-state index contributed by atoms with van der Waals surface area (Å²) in [6, 6.07) is 10.8. The summed E-state index contributed by atoms with van der Waals surface area (Å²) in [7, 11) is 2.00. The SMILES string of the molecule is CNC(c1ccccc1)C(C)OCCC1CC1. The van der Waals surface area contributed by atoms with Gasteiger partial charge in [-0.1, -0.05) is 43.2 Å². The number of hydrogen-bond acceptors (Lipinski definition) is 2. The molecule has 0 amide bonds. The molecule has 0 spiro atoms. The largest absolute Gasteiger partial charge is 0.377 e. The van der Waals surface area contributed by atoms with Crippen LogP contribution in [0.5, 0.6) is 0 Å². The van der Waals surface area contributed by atoms with Crippen LogP contribution < -0.4 is 5.32 Å². The molecule has 94 valence electrons. The van der Waals surface area contributed by atoms with Crippen LogP contribution in [0.4, 0.5) is 0 Å². The molecule has 2 unspecified atom stereocenters. The Kier molecular flexibility index (Phi) is 4.57. The fraction of sp³-hybridized carbons (Fsp3) is 0.600. The molecule has 0 radical (unpaired) electrons. The van der Waals surface area contributed by atoms with Crippen LogP contribution >= 0.6 is 0 Å². The highest BCUT2D eigenvalue weighted by atomic mass is 16.5. The Morgan fingerprint density at radius 1 is 1.29 bits per heavy atom. The van der Waals surface area contributed by atoms with E-state index < -0.39 is 0 Å². The van der Waals surface area contributed by atoms with Gasteiger partial charge < -0.3 is 10.1 Å². The molecule has 2 nitrogen and oxygen atoms in total. The maximum atomic E-state index is 5.94. The van der Waals surface area contributed by atoms with Gasteiger partial charge in [0.2, 0.25) is 0 Å². The maximum absolute atomic E-state index is 5.94. The second kappa shape index (κ2) is 6.18. The summed E-state index contributed by atoms with van der Waals surface area (Å²) >= 11 is 0. The summed E-state index contributed by atoms with van der Waals surface area (Å²) in [4.78, 5) is 0. The van der Waals surface area contributed by atoms with Crippen molar-refractivity contribution in [1.29, 1.82) is 0 Å². The van der Waals surface area contributed by atoms with Crippen molar-refractivity contribution in [2.75, 3.05) is 13.7 Å². The second-order valence-electron chi connectivity index (χ2n) is 4.98. The fourth-order valence-corrected chi connectivity index (χ4v) is 2.26. The quantitative estimate of drug-likeness (QED) is 0.781. The first-order chi connectivity index (χ1) is 8.31. The Morgan fingerprint density at radius 3 is 2.59 bits per heavy atom. The minimum Gasteiger partial charge on any atom is -0.377 e. The third kappa shape index (κ3) is 3.83. The zero-order chi connectivity index (χ0) is 12.1. The topological polar surface area (TPSA) is 21.3 Å². The first-order valence-electron chi connectivity index (χ1n) is 6.65. The Balaban J connectivity index is 1.83. The molecule has 0 bridgehead atoms. The van der Waals surface area contributed by atoms with Crippen molar-refractivity contribution >= 4 is 0 Å². The highest BCUT2D eigenvalue weighted by molar-refractivity contribution is 5.19. The van der Waals surface area contributed by atoms with Crippen molar-refractivity contribution in [3.05, 3.63) is 35.9 Å². The van der Waals surface area contributed by atoms with Gasteiger partial charge in [0.05, 0.1) is 12.1 Å². The number of benzene rings is 1. The maximum Gasteiger partial charge on any atom is 0.0741 e. The van der Waals surface area contributed by atoms with Crippen LogP contribution in [0.25, 0.3) is 0 Å². The monoisotopic (exact) mass is 233 g/mol. The zero-order valence-electron chi connectivity index (χ0n) is 10.9. The molecule has 0 heterocycles. The van der Waals surface area contributed by atoms with E-state index >= 15 is 0 Å². The van der Waals surface area contributed by atoms with Crippen LogP contribution in [0.3, 0.4) is 0 Å². The summed E-state index contributed by atoms with van der Waals surface area (Å²) in [6.45, 7) is 3.05. The van der Waals surface area contributed by atoms with Crippen LogP contribution in [0.1, 0.15) is 37.8 Å². The normalized spacial score (nSPS) is 18.9. The lowest BCUT2D eigenvalue weighted by Crippen LogP contribution is -2.29. The van der Waals surface area contributed by atoms with Gasteiger partial charge in [0.25, 0.3) is 0 Å². The highest BCUT2D eigenvalue weighted by Crippen LogP contribution is 2.32. The number of likely N-dealkylation sites (N-methyl/N-ethyl adjacent to an activating group) is 1. The third-order valence-electron chi connectivity index (χ3n) is 3.54. The smallest absolute Gasteiger partial charge is 0.0741 e. The van der Waals surface area contributed by atoms with E-state index in [9.17, 15) is 0 Å². The summed E-state index contributed by atoms with van der Waals surface area (Å²) < 4.78 is 5.94. The van der Waals surface area contributed by atoms with Crippen molar-refractivity contribution in [2.45, 2.75) is 38.3 Å². The molecule has 1 fully saturated rings. The van der Waals surface area contributed by atoms with Crippen molar-refractivity contribution in [1.82, 2.24) is 5.32 Å². The molecule has 1 aliphatic rings. The molecule has 2 heteroatoms. The number of rotatable bonds is 7. The van der Waals surface area contributed by atoms with Crippen LogP contribution in [0.15, 0.2) is 30.3 Å². The summed E-state index contributed by atoms with van der Waals surface area (Å²) in [5, 5.41) is 3.35. The van der Waals surface area contributed by atoms with Gasteiger partial charge in [0, 0.05) is 6.61 Å². The summed E-state index contributed by atoms with van der Waals surface area (Å²) in [5.41, 5.74) is 1.30. The molecule has 1 aromatic carbocycles. The standard InChI is InChI=1S/C15H23NO/c1-12(17-11-10-13-8-9-13)15(16-2)14-6-4-3-5-7-14/h3-7,12-13,15-16H,8-11H2,1-2H3. The van der Waals surface area contributed by atoms with E-state index in [1.165, 1.54) is 24.8 Å². The minimum absolute atomic E-state index is 0.223. The zero-order valence-corrected chi connectivity index (χ0v) is 10.9. The Labute approximate surface area is 104 Å². The number of hydrogen-bond donors (Lipinski definition) is 1. The molecule has 1 N–H and O–H groups in total. The highest BCUT2D eigenvalue weighted by Gasteiger charge is 2.22. The van der Waals surface area contributed by atoms with Crippen molar-refractivity contribution in [2.24, 2.45) is 5.92 Å². The molecule has 0 saturated heterocycles. The van der Waals surface area contributed by atoms with E-state index in [1.807, 2.05) is 7.05 Å². The van der Waals surface area contributed by atoms with Crippen LogP contribution in [0.2, 0.25) is 0 Å². The number of nitrogens with one attached hydrogen (secondary N) is 1. The van der Waals surface area contributed by atoms with Gasteiger partial charge in [0.15, 0.2) is 0 Å². The fourth-order valence-electron chi connectivity index (χ4n) is 2.26. The molecule has 0 aromatic heterocycles. The van der Waals surface area contributed by atoms with Gasteiger partial charge in [-0.15, -0.1) is 0 Å². The third-order valence-corrected chi connectivity index (χ3v) is 3.54. The van der Waals surface area contributed by atoms with E-state index in [4.69, 9.17) is 4.74 Å². The molecule has 2 atom stereocenters. The van der Waals surface area contributed by atoms with Crippen LogP contribution in [-0.4, -0.2) is 19.8 Å². The molecule has 0 aliphatic heterocycles. The van der Waals surface area contributed by atoms with Crippen molar-refractivity contribution in [3.8, 4) is 0 Å². The van der Waals surface area contributed by atoms with Gasteiger partial charge >= 0.3 is 0 Å². The summed E-state index contributed by atoms with van der Waals surface area (Å²) in [6.07, 6.45) is 4.27. The van der Waals surface area contributed by atoms with E-state index in [2.05, 4.69) is 42.6 Å². The lowest BCUT2D eigenvalue weighted by Gasteiger charge is -2.24. The number of ether oxygens (including phenoxy) is 1. The van der Waals surface area contributed by atoms with Crippen molar-refractivity contribution < 1.29 is 4.74 Å². The Bertz CT molecular complexity index is 321. The minimum atomic E-state index is 0.223. The molecular weight excluding hydrogens is 210 g/mol. The van der Waals surface area contributed by atoms with Crippen LogP contribution in [-0.2, 0) is 4.74 Å². The Morgan fingerprint density at radius 2 is 2.00 bits per heavy atom. The molecule has 2 rings (SSSR count).